The van der Waals surface area contributed by atoms with E-state index in [1.807, 2.05) is 0 Å². The van der Waals surface area contributed by atoms with Crippen molar-refractivity contribution in [3.63, 3.8) is 0 Å². The molecule has 1 aromatic heterocycles. The van der Waals surface area contributed by atoms with Crippen LogP contribution in [0.2, 0.25) is 5.02 Å². The van der Waals surface area contributed by atoms with Gasteiger partial charge in [0, 0.05) is 10.4 Å². The van der Waals surface area contributed by atoms with Gasteiger partial charge in [-0.2, -0.15) is 0 Å². The number of carbonyl (C=O) groups is 1. The van der Waals surface area contributed by atoms with Crippen LogP contribution in [0.25, 0.3) is 11.0 Å². The summed E-state index contributed by atoms with van der Waals surface area (Å²) in [4.78, 5) is 11.2. The first-order valence-electron chi connectivity index (χ1n) is 3.86. The number of benzene rings is 1. The zero-order valence-electron chi connectivity index (χ0n) is 7.00. The molecule has 13 heavy (non-hydrogen) atoms. The largest absolute Gasteiger partial charge is 0.464 e. The molecule has 1 aromatic carbocycles. The van der Waals surface area contributed by atoms with Crippen LogP contribution in [-0.2, 0) is 0 Å². The number of ketones is 1. The maximum atomic E-state index is 11.2. The Morgan fingerprint density at radius 1 is 1.46 bits per heavy atom. The van der Waals surface area contributed by atoms with Gasteiger partial charge in [0.15, 0.2) is 5.78 Å². The van der Waals surface area contributed by atoms with Crippen molar-refractivity contribution in [2.24, 2.45) is 0 Å². The minimum absolute atomic E-state index is 0.0394. The van der Waals surface area contributed by atoms with E-state index in [-0.39, 0.29) is 5.78 Å². The fraction of sp³-hybridized carbons (Fsp3) is 0.100. The monoisotopic (exact) mass is 194 g/mol. The van der Waals surface area contributed by atoms with Crippen molar-refractivity contribution in [1.82, 2.24) is 0 Å². The highest BCUT2D eigenvalue weighted by Gasteiger charge is 2.09. The number of fused-ring (bicyclic) bond motifs is 1. The fourth-order valence-corrected chi connectivity index (χ4v) is 1.53. The molecule has 66 valence electrons. The van der Waals surface area contributed by atoms with Gasteiger partial charge in [-0.15, -0.1) is 0 Å². The van der Waals surface area contributed by atoms with Gasteiger partial charge in [0.2, 0.25) is 0 Å². The number of hydrogen-bond donors (Lipinski definition) is 0. The zero-order chi connectivity index (χ0) is 9.42. The number of rotatable bonds is 1. The molecule has 1 heterocycles. The topological polar surface area (TPSA) is 30.2 Å². The molecule has 0 aliphatic carbocycles. The van der Waals surface area contributed by atoms with E-state index in [1.54, 1.807) is 24.5 Å². The quantitative estimate of drug-likeness (QED) is 0.652. The zero-order valence-corrected chi connectivity index (χ0v) is 7.76. The van der Waals surface area contributed by atoms with E-state index in [9.17, 15) is 4.79 Å². The smallest absolute Gasteiger partial charge is 0.163 e. The van der Waals surface area contributed by atoms with Crippen molar-refractivity contribution >= 4 is 28.4 Å². The molecule has 0 saturated carbocycles. The molecule has 2 rings (SSSR count). The Bertz CT molecular complexity index is 471. The highest BCUT2D eigenvalue weighted by molar-refractivity contribution is 6.32. The van der Waals surface area contributed by atoms with Crippen LogP contribution in [0.1, 0.15) is 17.3 Å². The average Bonchev–Trinajstić information content (AvgIpc) is 2.49. The van der Waals surface area contributed by atoms with Gasteiger partial charge >= 0.3 is 0 Å². The molecule has 0 saturated heterocycles. The molecule has 3 heteroatoms. The fourth-order valence-electron chi connectivity index (χ4n) is 1.31. The van der Waals surface area contributed by atoms with Gasteiger partial charge in [-0.1, -0.05) is 11.6 Å². The summed E-state index contributed by atoms with van der Waals surface area (Å²) in [7, 11) is 0. The van der Waals surface area contributed by atoms with Crippen LogP contribution >= 0.6 is 11.6 Å². The summed E-state index contributed by atoms with van der Waals surface area (Å²) in [6.07, 6.45) is 1.55. The second-order valence-corrected chi connectivity index (χ2v) is 3.28. The molecule has 0 radical (unpaired) electrons. The van der Waals surface area contributed by atoms with Gasteiger partial charge in [-0.05, 0) is 25.1 Å². The molecule has 0 aliphatic heterocycles. The van der Waals surface area contributed by atoms with E-state index >= 15 is 0 Å². The Morgan fingerprint density at radius 3 is 2.92 bits per heavy atom. The van der Waals surface area contributed by atoms with Gasteiger partial charge in [0.25, 0.3) is 0 Å². The van der Waals surface area contributed by atoms with Crippen molar-refractivity contribution < 1.29 is 9.21 Å². The second kappa shape index (κ2) is 2.89. The predicted molar refractivity (Wildman–Crippen MR) is 51.2 cm³/mol. The normalized spacial score (nSPS) is 10.6. The number of Topliss-reactive ketones (excluding diaryl/α,β-unsaturated/α-hetero) is 1. The Labute approximate surface area is 80.1 Å². The van der Waals surface area contributed by atoms with Crippen molar-refractivity contribution in [1.29, 1.82) is 0 Å². The standard InChI is InChI=1S/C10H7ClO2/c1-6(12)9-5-8(11)4-7-2-3-13-10(7)9/h2-5H,1H3. The molecule has 0 spiro atoms. The van der Waals surface area contributed by atoms with Crippen LogP contribution in [0.5, 0.6) is 0 Å². The van der Waals surface area contributed by atoms with E-state index in [2.05, 4.69) is 0 Å². The first-order valence-corrected chi connectivity index (χ1v) is 4.24. The highest BCUT2D eigenvalue weighted by Crippen LogP contribution is 2.25. The SMILES string of the molecule is CC(=O)c1cc(Cl)cc2ccoc12. The van der Waals surface area contributed by atoms with Gasteiger partial charge in [0.05, 0.1) is 11.8 Å². The third-order valence-corrected chi connectivity index (χ3v) is 2.11. The minimum atomic E-state index is -0.0394. The molecule has 0 amide bonds. The average molecular weight is 195 g/mol. The van der Waals surface area contributed by atoms with Crippen LogP contribution in [0.4, 0.5) is 0 Å². The van der Waals surface area contributed by atoms with Gasteiger partial charge in [-0.25, -0.2) is 0 Å². The van der Waals surface area contributed by atoms with Crippen LogP contribution in [-0.4, -0.2) is 5.78 Å². The van der Waals surface area contributed by atoms with E-state index in [0.29, 0.717) is 16.2 Å². The van der Waals surface area contributed by atoms with Gasteiger partial charge in [-0.3, -0.25) is 4.79 Å². The molecule has 0 aliphatic rings. The summed E-state index contributed by atoms with van der Waals surface area (Å²) < 4.78 is 5.19. The molecule has 0 unspecified atom stereocenters. The maximum Gasteiger partial charge on any atom is 0.163 e. The summed E-state index contributed by atoms with van der Waals surface area (Å²) in [5, 5.41) is 1.41. The maximum absolute atomic E-state index is 11.2. The number of furan rings is 1. The molecular formula is C10H7ClO2. The number of hydrogen-bond acceptors (Lipinski definition) is 2. The molecule has 0 N–H and O–H groups in total. The van der Waals surface area contributed by atoms with Crippen molar-refractivity contribution in [3.05, 3.63) is 35.0 Å². The number of halogens is 1. The molecule has 2 aromatic rings. The van der Waals surface area contributed by atoms with E-state index in [4.69, 9.17) is 16.0 Å². The molecular weight excluding hydrogens is 188 g/mol. The minimum Gasteiger partial charge on any atom is -0.464 e. The molecule has 0 atom stereocenters. The first-order chi connectivity index (χ1) is 6.18. The Morgan fingerprint density at radius 2 is 2.23 bits per heavy atom. The van der Waals surface area contributed by atoms with Gasteiger partial charge in [0.1, 0.15) is 5.58 Å². The van der Waals surface area contributed by atoms with Crippen LogP contribution in [0, 0.1) is 0 Å². The lowest BCUT2D eigenvalue weighted by Crippen LogP contribution is -1.91. The van der Waals surface area contributed by atoms with Crippen molar-refractivity contribution in [2.75, 3.05) is 0 Å². The molecule has 2 nitrogen and oxygen atoms in total. The Balaban J connectivity index is 2.84. The summed E-state index contributed by atoms with van der Waals surface area (Å²) in [5.41, 5.74) is 1.14. The third kappa shape index (κ3) is 1.33. The molecule has 0 bridgehead atoms. The van der Waals surface area contributed by atoms with Gasteiger partial charge < -0.3 is 4.42 Å². The second-order valence-electron chi connectivity index (χ2n) is 2.85. The van der Waals surface area contributed by atoms with E-state index in [0.717, 1.165) is 5.39 Å². The molecule has 0 fully saturated rings. The lowest BCUT2D eigenvalue weighted by Gasteiger charge is -1.97. The summed E-state index contributed by atoms with van der Waals surface area (Å²) in [6, 6.07) is 5.18. The highest BCUT2D eigenvalue weighted by atomic mass is 35.5. The summed E-state index contributed by atoms with van der Waals surface area (Å²) in [5.74, 6) is -0.0394. The summed E-state index contributed by atoms with van der Waals surface area (Å²) in [6.45, 7) is 1.49. The van der Waals surface area contributed by atoms with E-state index < -0.39 is 0 Å². The lowest BCUT2D eigenvalue weighted by atomic mass is 10.1. The van der Waals surface area contributed by atoms with E-state index in [1.165, 1.54) is 6.92 Å². The van der Waals surface area contributed by atoms with Crippen LogP contribution < -0.4 is 0 Å². The summed E-state index contributed by atoms with van der Waals surface area (Å²) >= 11 is 5.83. The number of carbonyl (C=O) groups excluding carboxylic acids is 1. The van der Waals surface area contributed by atoms with Crippen LogP contribution in [0.15, 0.2) is 28.9 Å². The third-order valence-electron chi connectivity index (χ3n) is 1.90. The first kappa shape index (κ1) is 8.32. The predicted octanol–water partition coefficient (Wildman–Crippen LogP) is 3.29. The van der Waals surface area contributed by atoms with Crippen LogP contribution in [0.3, 0.4) is 0 Å². The lowest BCUT2D eigenvalue weighted by molar-refractivity contribution is 0.101. The van der Waals surface area contributed by atoms with Crippen molar-refractivity contribution in [2.45, 2.75) is 6.92 Å². The Hall–Kier alpha value is -1.28. The van der Waals surface area contributed by atoms with Crippen molar-refractivity contribution in [3.8, 4) is 0 Å². The Kier molecular flexibility index (Phi) is 1.85.